The van der Waals surface area contributed by atoms with Gasteiger partial charge < -0.3 is 10.1 Å². The molecule has 0 unspecified atom stereocenters. The van der Waals surface area contributed by atoms with Crippen LogP contribution in [0.3, 0.4) is 0 Å². The number of amides is 1. The smallest absolute Gasteiger partial charge is 0.261 e. The Balaban J connectivity index is 1.95. The summed E-state index contributed by atoms with van der Waals surface area (Å²) in [5, 5.41) is 3.61. The van der Waals surface area contributed by atoms with E-state index in [0.29, 0.717) is 23.7 Å². The number of nitrogens with one attached hydrogen (secondary N) is 1. The van der Waals surface area contributed by atoms with Gasteiger partial charge in [0.2, 0.25) is 0 Å². The van der Waals surface area contributed by atoms with Gasteiger partial charge in [-0.15, -0.1) is 0 Å². The average molecular weight is 332 g/mol. The van der Waals surface area contributed by atoms with Gasteiger partial charge in [-0.25, -0.2) is 0 Å². The summed E-state index contributed by atoms with van der Waals surface area (Å²) in [5.41, 5.74) is 3.20. The standard InChI is InChI=1S/C19H22ClNO2/c1-4-18(23-16-9-10-17(20)14(3)11-16)19(22)21-12-15-7-5-13(2)6-8-15/h5-11,18H,4,12H2,1-3H3,(H,21,22)/t18-/m0/s1. The van der Waals surface area contributed by atoms with Gasteiger partial charge in [0.25, 0.3) is 5.91 Å². The quantitative estimate of drug-likeness (QED) is 0.850. The molecule has 1 N–H and O–H groups in total. The van der Waals surface area contributed by atoms with Crippen LogP contribution in [0.4, 0.5) is 0 Å². The van der Waals surface area contributed by atoms with Gasteiger partial charge in [-0.05, 0) is 49.6 Å². The van der Waals surface area contributed by atoms with Crippen molar-refractivity contribution in [3.8, 4) is 5.75 Å². The molecule has 122 valence electrons. The fourth-order valence-electron chi connectivity index (χ4n) is 2.19. The van der Waals surface area contributed by atoms with E-state index < -0.39 is 6.10 Å². The Hall–Kier alpha value is -2.00. The molecule has 0 aliphatic carbocycles. The van der Waals surface area contributed by atoms with Crippen molar-refractivity contribution in [2.45, 2.75) is 39.8 Å². The fraction of sp³-hybridized carbons (Fsp3) is 0.316. The van der Waals surface area contributed by atoms with E-state index in [1.807, 2.05) is 51.1 Å². The second-order valence-corrected chi connectivity index (χ2v) is 6.04. The molecule has 23 heavy (non-hydrogen) atoms. The van der Waals surface area contributed by atoms with Crippen molar-refractivity contribution in [3.63, 3.8) is 0 Å². The molecule has 4 heteroatoms. The summed E-state index contributed by atoms with van der Waals surface area (Å²) < 4.78 is 5.80. The average Bonchev–Trinajstić information content (AvgIpc) is 2.55. The lowest BCUT2D eigenvalue weighted by Crippen LogP contribution is -2.37. The number of ether oxygens (including phenoxy) is 1. The maximum atomic E-state index is 12.3. The molecule has 0 aromatic heterocycles. The van der Waals surface area contributed by atoms with Gasteiger partial charge in [0.05, 0.1) is 0 Å². The zero-order chi connectivity index (χ0) is 16.8. The van der Waals surface area contributed by atoms with Crippen LogP contribution in [0.1, 0.15) is 30.0 Å². The van der Waals surface area contributed by atoms with Crippen molar-refractivity contribution in [1.29, 1.82) is 0 Å². The van der Waals surface area contributed by atoms with Gasteiger partial charge in [-0.3, -0.25) is 4.79 Å². The molecule has 0 aliphatic heterocycles. The topological polar surface area (TPSA) is 38.3 Å². The largest absolute Gasteiger partial charge is 0.481 e. The molecule has 3 nitrogen and oxygen atoms in total. The molecule has 0 radical (unpaired) electrons. The molecule has 1 amide bonds. The van der Waals surface area contributed by atoms with E-state index in [4.69, 9.17) is 16.3 Å². The van der Waals surface area contributed by atoms with Crippen LogP contribution in [0.2, 0.25) is 5.02 Å². The number of benzene rings is 2. The van der Waals surface area contributed by atoms with Crippen molar-refractivity contribution in [3.05, 3.63) is 64.2 Å². The van der Waals surface area contributed by atoms with E-state index >= 15 is 0 Å². The van der Waals surface area contributed by atoms with Gasteiger partial charge in [0.15, 0.2) is 6.10 Å². The summed E-state index contributed by atoms with van der Waals surface area (Å²) in [6.45, 7) is 6.38. The number of rotatable bonds is 6. The number of carbonyl (C=O) groups is 1. The maximum absolute atomic E-state index is 12.3. The summed E-state index contributed by atoms with van der Waals surface area (Å²) in [6.07, 6.45) is 0.0857. The lowest BCUT2D eigenvalue weighted by molar-refractivity contribution is -0.128. The molecule has 2 aromatic carbocycles. The molecule has 0 heterocycles. The number of halogens is 1. The lowest BCUT2D eigenvalue weighted by atomic mass is 10.1. The summed E-state index contributed by atoms with van der Waals surface area (Å²) >= 11 is 6.01. The molecule has 0 saturated carbocycles. The Morgan fingerprint density at radius 3 is 2.48 bits per heavy atom. The van der Waals surface area contributed by atoms with E-state index in [1.54, 1.807) is 12.1 Å². The summed E-state index contributed by atoms with van der Waals surface area (Å²) in [4.78, 5) is 12.3. The minimum absolute atomic E-state index is 0.110. The molecule has 1 atom stereocenters. The second kappa shape index (κ2) is 8.02. The van der Waals surface area contributed by atoms with E-state index in [1.165, 1.54) is 5.56 Å². The van der Waals surface area contributed by atoms with Gasteiger partial charge in [-0.1, -0.05) is 48.4 Å². The lowest BCUT2D eigenvalue weighted by Gasteiger charge is -2.18. The monoisotopic (exact) mass is 331 g/mol. The van der Waals surface area contributed by atoms with Crippen LogP contribution in [-0.4, -0.2) is 12.0 Å². The highest BCUT2D eigenvalue weighted by Gasteiger charge is 2.18. The molecular formula is C19H22ClNO2. The molecule has 0 bridgehead atoms. The van der Waals surface area contributed by atoms with E-state index in [2.05, 4.69) is 5.32 Å². The van der Waals surface area contributed by atoms with Crippen LogP contribution < -0.4 is 10.1 Å². The third-order valence-electron chi connectivity index (χ3n) is 3.66. The molecule has 0 aliphatic rings. The Kier molecular flexibility index (Phi) is 6.05. The zero-order valence-corrected chi connectivity index (χ0v) is 14.5. The van der Waals surface area contributed by atoms with Crippen molar-refractivity contribution in [2.24, 2.45) is 0 Å². The highest BCUT2D eigenvalue weighted by molar-refractivity contribution is 6.31. The number of aryl methyl sites for hydroxylation is 2. The first-order valence-electron chi connectivity index (χ1n) is 7.75. The Morgan fingerprint density at radius 1 is 1.17 bits per heavy atom. The van der Waals surface area contributed by atoms with Gasteiger partial charge in [-0.2, -0.15) is 0 Å². The Bertz CT molecular complexity index is 668. The van der Waals surface area contributed by atoms with Crippen molar-refractivity contribution < 1.29 is 9.53 Å². The number of hydrogen-bond acceptors (Lipinski definition) is 2. The first-order valence-corrected chi connectivity index (χ1v) is 8.13. The minimum Gasteiger partial charge on any atom is -0.481 e. The normalized spacial score (nSPS) is 11.8. The molecular weight excluding hydrogens is 310 g/mol. The van der Waals surface area contributed by atoms with Crippen LogP contribution in [0.15, 0.2) is 42.5 Å². The van der Waals surface area contributed by atoms with Gasteiger partial charge in [0, 0.05) is 11.6 Å². The Labute approximate surface area is 142 Å². The van der Waals surface area contributed by atoms with E-state index in [0.717, 1.165) is 11.1 Å². The van der Waals surface area contributed by atoms with Gasteiger partial charge >= 0.3 is 0 Å². The van der Waals surface area contributed by atoms with Crippen molar-refractivity contribution in [1.82, 2.24) is 5.32 Å². The van der Waals surface area contributed by atoms with Gasteiger partial charge in [0.1, 0.15) is 5.75 Å². The van der Waals surface area contributed by atoms with E-state index in [9.17, 15) is 4.79 Å². The highest BCUT2D eigenvalue weighted by Crippen LogP contribution is 2.22. The second-order valence-electron chi connectivity index (χ2n) is 5.63. The molecule has 2 rings (SSSR count). The van der Waals surface area contributed by atoms with Crippen LogP contribution in [0, 0.1) is 13.8 Å². The molecule has 0 spiro atoms. The summed E-state index contributed by atoms with van der Waals surface area (Å²) in [7, 11) is 0. The SMILES string of the molecule is CC[C@H](Oc1ccc(Cl)c(C)c1)C(=O)NCc1ccc(C)cc1. The third kappa shape index (κ3) is 5.00. The summed E-state index contributed by atoms with van der Waals surface area (Å²) in [6, 6.07) is 13.5. The van der Waals surface area contributed by atoms with Crippen LogP contribution in [-0.2, 0) is 11.3 Å². The third-order valence-corrected chi connectivity index (χ3v) is 4.08. The highest BCUT2D eigenvalue weighted by atomic mass is 35.5. The fourth-order valence-corrected chi connectivity index (χ4v) is 2.30. The molecule has 0 fully saturated rings. The number of carbonyl (C=O) groups excluding carboxylic acids is 1. The predicted octanol–water partition coefficient (Wildman–Crippen LogP) is 4.43. The van der Waals surface area contributed by atoms with Crippen molar-refractivity contribution >= 4 is 17.5 Å². The van der Waals surface area contributed by atoms with Crippen LogP contribution in [0.5, 0.6) is 5.75 Å². The first kappa shape index (κ1) is 17.4. The minimum atomic E-state index is -0.513. The summed E-state index contributed by atoms with van der Waals surface area (Å²) in [5.74, 6) is 0.546. The van der Waals surface area contributed by atoms with Crippen molar-refractivity contribution in [2.75, 3.05) is 0 Å². The molecule has 0 saturated heterocycles. The zero-order valence-electron chi connectivity index (χ0n) is 13.7. The Morgan fingerprint density at radius 2 is 1.87 bits per heavy atom. The predicted molar refractivity (Wildman–Crippen MR) is 93.9 cm³/mol. The van der Waals surface area contributed by atoms with Crippen LogP contribution in [0.25, 0.3) is 0 Å². The molecule has 2 aromatic rings. The van der Waals surface area contributed by atoms with E-state index in [-0.39, 0.29) is 5.91 Å². The first-order chi connectivity index (χ1) is 11.0. The maximum Gasteiger partial charge on any atom is 0.261 e. The number of hydrogen-bond donors (Lipinski definition) is 1. The van der Waals surface area contributed by atoms with Crippen LogP contribution >= 0.6 is 11.6 Å².